The zero-order valence-electron chi connectivity index (χ0n) is 11.0. The number of sulfone groups is 1. The van der Waals surface area contributed by atoms with Gasteiger partial charge in [0.05, 0.1) is 18.1 Å². The van der Waals surface area contributed by atoms with Gasteiger partial charge in [-0.1, -0.05) is 18.8 Å². The number of nitrogens with one attached hydrogen (secondary N) is 1. The molecule has 5 nitrogen and oxygen atoms in total. The zero-order chi connectivity index (χ0) is 13.9. The Kier molecular flexibility index (Phi) is 4.35. The third-order valence-corrected chi connectivity index (χ3v) is 5.62. The third kappa shape index (κ3) is 3.63. The largest absolute Gasteiger partial charge is 0.334 e. The van der Waals surface area contributed by atoms with Gasteiger partial charge in [-0.05, 0) is 19.3 Å². The Balaban J connectivity index is 1.94. The maximum Gasteiger partial charge on any atom is 0.318 e. The van der Waals surface area contributed by atoms with Crippen LogP contribution in [0.5, 0.6) is 0 Å². The van der Waals surface area contributed by atoms with Crippen LogP contribution < -0.4 is 5.32 Å². The highest BCUT2D eigenvalue weighted by atomic mass is 32.2. The van der Waals surface area contributed by atoms with Crippen LogP contribution in [0.25, 0.3) is 0 Å². The molecule has 2 amide bonds. The summed E-state index contributed by atoms with van der Waals surface area (Å²) in [5, 5.41) is 2.81. The molecular weight excluding hydrogens is 264 g/mol. The summed E-state index contributed by atoms with van der Waals surface area (Å²) in [4.78, 5) is 13.9. The van der Waals surface area contributed by atoms with Crippen molar-refractivity contribution in [2.45, 2.75) is 44.2 Å². The van der Waals surface area contributed by atoms with Gasteiger partial charge in [-0.15, -0.1) is 6.42 Å². The van der Waals surface area contributed by atoms with Crippen molar-refractivity contribution in [1.82, 2.24) is 10.2 Å². The first-order valence-electron chi connectivity index (χ1n) is 6.73. The molecule has 106 valence electrons. The Labute approximate surface area is 114 Å². The number of urea groups is 1. The first-order chi connectivity index (χ1) is 9.02. The molecule has 0 aromatic heterocycles. The molecular formula is C13H20N2O3S. The molecule has 2 fully saturated rings. The molecule has 0 unspecified atom stereocenters. The fraction of sp³-hybridized carbons (Fsp3) is 0.769. The maximum absolute atomic E-state index is 12.2. The van der Waals surface area contributed by atoms with Crippen LogP contribution in [0.4, 0.5) is 4.79 Å². The average molecular weight is 284 g/mol. The van der Waals surface area contributed by atoms with E-state index in [1.54, 1.807) is 4.90 Å². The number of hydrogen-bond acceptors (Lipinski definition) is 3. The van der Waals surface area contributed by atoms with E-state index in [1.165, 1.54) is 0 Å². The second-order valence-electron chi connectivity index (χ2n) is 5.32. The lowest BCUT2D eigenvalue weighted by atomic mass is 10.2. The Hall–Kier alpha value is -1.22. The summed E-state index contributed by atoms with van der Waals surface area (Å²) in [7, 11) is -2.97. The molecule has 19 heavy (non-hydrogen) atoms. The predicted molar refractivity (Wildman–Crippen MR) is 73.4 cm³/mol. The van der Waals surface area contributed by atoms with Gasteiger partial charge in [0.15, 0.2) is 9.84 Å². The van der Waals surface area contributed by atoms with Crippen LogP contribution in [0, 0.1) is 12.3 Å². The smallest absolute Gasteiger partial charge is 0.318 e. The van der Waals surface area contributed by atoms with Crippen molar-refractivity contribution in [3.63, 3.8) is 0 Å². The van der Waals surface area contributed by atoms with E-state index < -0.39 is 9.84 Å². The second kappa shape index (κ2) is 5.83. The molecule has 1 aliphatic heterocycles. The SMILES string of the molecule is C#CCN(C(=O)N[C@@H]1CCS(=O)(=O)C1)C1CCCC1. The molecule has 2 aliphatic rings. The summed E-state index contributed by atoms with van der Waals surface area (Å²) in [6, 6.07) is -0.278. The molecule has 1 N–H and O–H groups in total. The summed E-state index contributed by atoms with van der Waals surface area (Å²) in [5.41, 5.74) is 0. The number of nitrogens with zero attached hydrogens (tertiary/aromatic N) is 1. The summed E-state index contributed by atoms with van der Waals surface area (Å²) in [6.45, 7) is 0.288. The average Bonchev–Trinajstić information content (AvgIpc) is 2.95. The van der Waals surface area contributed by atoms with E-state index in [1.807, 2.05) is 0 Å². The molecule has 2 rings (SSSR count). The summed E-state index contributed by atoms with van der Waals surface area (Å²) >= 11 is 0. The first kappa shape index (κ1) is 14.2. The first-order valence-corrected chi connectivity index (χ1v) is 8.55. The van der Waals surface area contributed by atoms with Gasteiger partial charge in [0, 0.05) is 12.1 Å². The predicted octanol–water partition coefficient (Wildman–Crippen LogP) is 0.761. The van der Waals surface area contributed by atoms with Gasteiger partial charge >= 0.3 is 6.03 Å². The van der Waals surface area contributed by atoms with Crippen LogP contribution in [0.1, 0.15) is 32.1 Å². The molecule has 6 heteroatoms. The van der Waals surface area contributed by atoms with Crippen LogP contribution in [0.2, 0.25) is 0 Å². The van der Waals surface area contributed by atoms with Crippen LogP contribution in [-0.2, 0) is 9.84 Å². The third-order valence-electron chi connectivity index (χ3n) is 3.85. The summed E-state index contributed by atoms with van der Waals surface area (Å²) in [5.74, 6) is 2.73. The topological polar surface area (TPSA) is 66.5 Å². The van der Waals surface area contributed by atoms with Crippen molar-refractivity contribution in [3.05, 3.63) is 0 Å². The number of carbonyl (C=O) groups is 1. The maximum atomic E-state index is 12.2. The number of amides is 2. The van der Waals surface area contributed by atoms with E-state index >= 15 is 0 Å². The standard InChI is InChI=1S/C13H20N2O3S/c1-2-8-15(12-5-3-4-6-12)13(16)14-11-7-9-19(17,18)10-11/h1,11-12H,3-10H2,(H,14,16)/t11-/m1/s1. The quantitative estimate of drug-likeness (QED) is 0.778. The Morgan fingerprint density at radius 1 is 1.32 bits per heavy atom. The van der Waals surface area contributed by atoms with Gasteiger partial charge in [-0.3, -0.25) is 0 Å². The van der Waals surface area contributed by atoms with Crippen LogP contribution in [0.3, 0.4) is 0 Å². The summed E-state index contributed by atoms with van der Waals surface area (Å²) in [6.07, 6.45) is 10.0. The van der Waals surface area contributed by atoms with Crippen molar-refractivity contribution >= 4 is 15.9 Å². The highest BCUT2D eigenvalue weighted by Crippen LogP contribution is 2.23. The lowest BCUT2D eigenvalue weighted by Crippen LogP contribution is -2.49. The molecule has 1 heterocycles. The molecule has 0 aromatic rings. The Morgan fingerprint density at radius 3 is 2.53 bits per heavy atom. The molecule has 1 atom stereocenters. The van der Waals surface area contributed by atoms with Gasteiger partial charge in [0.2, 0.25) is 0 Å². The number of carbonyl (C=O) groups excluding carboxylic acids is 1. The zero-order valence-corrected chi connectivity index (χ0v) is 11.8. The monoisotopic (exact) mass is 284 g/mol. The minimum atomic E-state index is -2.97. The van der Waals surface area contributed by atoms with E-state index in [2.05, 4.69) is 11.2 Å². The molecule has 1 saturated carbocycles. The summed E-state index contributed by atoms with van der Waals surface area (Å²) < 4.78 is 22.8. The van der Waals surface area contributed by atoms with Crippen LogP contribution >= 0.6 is 0 Å². The van der Waals surface area contributed by atoms with Crippen molar-refractivity contribution in [3.8, 4) is 12.3 Å². The van der Waals surface area contributed by atoms with Crippen molar-refractivity contribution < 1.29 is 13.2 Å². The normalized spacial score (nSPS) is 25.9. The number of terminal acetylenes is 1. The fourth-order valence-electron chi connectivity index (χ4n) is 2.85. The van der Waals surface area contributed by atoms with Crippen molar-refractivity contribution in [2.24, 2.45) is 0 Å². The number of rotatable bonds is 3. The van der Waals surface area contributed by atoms with E-state index in [0.29, 0.717) is 6.42 Å². The van der Waals surface area contributed by atoms with Crippen LogP contribution in [-0.4, -0.2) is 49.5 Å². The van der Waals surface area contributed by atoms with E-state index in [0.717, 1.165) is 25.7 Å². The van der Waals surface area contributed by atoms with Crippen LogP contribution in [0.15, 0.2) is 0 Å². The molecule has 0 radical (unpaired) electrons. The van der Waals surface area contributed by atoms with Gasteiger partial charge in [0.1, 0.15) is 0 Å². The van der Waals surface area contributed by atoms with E-state index in [-0.39, 0.29) is 36.2 Å². The van der Waals surface area contributed by atoms with Gasteiger partial charge in [-0.2, -0.15) is 0 Å². The number of hydrogen-bond donors (Lipinski definition) is 1. The highest BCUT2D eigenvalue weighted by Gasteiger charge is 2.32. The van der Waals surface area contributed by atoms with Gasteiger partial charge in [0.25, 0.3) is 0 Å². The molecule has 0 aromatic carbocycles. The Bertz CT molecular complexity index is 475. The molecule has 1 saturated heterocycles. The van der Waals surface area contributed by atoms with Gasteiger partial charge < -0.3 is 10.2 Å². The minimum absolute atomic E-state index is 0.0489. The van der Waals surface area contributed by atoms with E-state index in [4.69, 9.17) is 6.42 Å². The van der Waals surface area contributed by atoms with E-state index in [9.17, 15) is 13.2 Å². The fourth-order valence-corrected chi connectivity index (χ4v) is 4.52. The molecule has 0 spiro atoms. The van der Waals surface area contributed by atoms with Crippen molar-refractivity contribution in [1.29, 1.82) is 0 Å². The lowest BCUT2D eigenvalue weighted by Gasteiger charge is -2.28. The van der Waals surface area contributed by atoms with Gasteiger partial charge in [-0.25, -0.2) is 13.2 Å². The highest BCUT2D eigenvalue weighted by molar-refractivity contribution is 7.91. The Morgan fingerprint density at radius 2 is 2.00 bits per heavy atom. The molecule has 0 bridgehead atoms. The lowest BCUT2D eigenvalue weighted by molar-refractivity contribution is 0.181. The minimum Gasteiger partial charge on any atom is -0.334 e. The van der Waals surface area contributed by atoms with Crippen molar-refractivity contribution in [2.75, 3.05) is 18.1 Å². The second-order valence-corrected chi connectivity index (χ2v) is 7.55. The molecule has 1 aliphatic carbocycles.